The van der Waals surface area contributed by atoms with Gasteiger partial charge in [0.05, 0.1) is 6.61 Å². The molecule has 2 atom stereocenters. The van der Waals surface area contributed by atoms with E-state index in [1.54, 1.807) is 0 Å². The highest BCUT2D eigenvalue weighted by molar-refractivity contribution is 5.77. The molecule has 0 saturated heterocycles. The van der Waals surface area contributed by atoms with Gasteiger partial charge in [-0.15, -0.1) is 0 Å². The Kier molecular flexibility index (Phi) is 5.30. The molecule has 0 heterocycles. The molecule has 0 aliphatic heterocycles. The number of alkyl halides is 2. The predicted octanol–water partition coefficient (Wildman–Crippen LogP) is 3.74. The minimum Gasteiger partial charge on any atom is -0.458 e. The quantitative estimate of drug-likeness (QED) is 0.649. The number of esters is 2. The molecule has 7 heteroatoms. The van der Waals surface area contributed by atoms with Crippen LogP contribution < -0.4 is 0 Å². The Morgan fingerprint density at radius 2 is 1.63 bits per heavy atom. The van der Waals surface area contributed by atoms with Crippen molar-refractivity contribution in [3.8, 4) is 0 Å². The SMILES string of the molecule is CC(C)(C)OC(=O)COCC12CC3CC(C1)C(OC(=O)C(C)(F)F)C(C3)C2. The highest BCUT2D eigenvalue weighted by atomic mass is 19.3. The molecule has 4 fully saturated rings. The second-order valence-electron chi connectivity index (χ2n) is 9.81. The van der Waals surface area contributed by atoms with E-state index in [1.165, 1.54) is 0 Å². The third-order valence-corrected chi connectivity index (χ3v) is 5.96. The summed E-state index contributed by atoms with van der Waals surface area (Å²) in [7, 11) is 0. The summed E-state index contributed by atoms with van der Waals surface area (Å²) in [6, 6.07) is 0. The van der Waals surface area contributed by atoms with Crippen molar-refractivity contribution < 1.29 is 32.6 Å². The first-order chi connectivity index (χ1) is 12.4. The van der Waals surface area contributed by atoms with Gasteiger partial charge in [-0.1, -0.05) is 0 Å². The maximum atomic E-state index is 13.2. The zero-order valence-corrected chi connectivity index (χ0v) is 16.6. The molecular formula is C20H30F2O5. The van der Waals surface area contributed by atoms with Crippen LogP contribution in [0.2, 0.25) is 0 Å². The van der Waals surface area contributed by atoms with Gasteiger partial charge in [-0.2, -0.15) is 8.78 Å². The largest absolute Gasteiger partial charge is 0.458 e. The number of ether oxygens (including phenoxy) is 3. The number of rotatable bonds is 6. The maximum Gasteiger partial charge on any atom is 0.376 e. The Labute approximate surface area is 159 Å². The molecule has 4 aliphatic carbocycles. The van der Waals surface area contributed by atoms with Crippen molar-refractivity contribution in [1.82, 2.24) is 0 Å². The lowest BCUT2D eigenvalue weighted by Crippen LogP contribution is -2.56. The van der Waals surface area contributed by atoms with E-state index in [0.29, 0.717) is 19.4 Å². The van der Waals surface area contributed by atoms with Crippen LogP contribution in [0.25, 0.3) is 0 Å². The Hall–Kier alpha value is -1.24. The zero-order valence-electron chi connectivity index (χ0n) is 16.6. The topological polar surface area (TPSA) is 61.8 Å². The molecule has 4 saturated carbocycles. The van der Waals surface area contributed by atoms with Gasteiger partial charge in [-0.25, -0.2) is 9.59 Å². The van der Waals surface area contributed by atoms with E-state index in [0.717, 1.165) is 32.1 Å². The fraction of sp³-hybridized carbons (Fsp3) is 0.900. The summed E-state index contributed by atoms with van der Waals surface area (Å²) in [5.41, 5.74) is -0.588. The molecule has 27 heavy (non-hydrogen) atoms. The molecular weight excluding hydrogens is 358 g/mol. The van der Waals surface area contributed by atoms with Gasteiger partial charge in [0.1, 0.15) is 18.3 Å². The lowest BCUT2D eigenvalue weighted by Gasteiger charge is -2.59. The van der Waals surface area contributed by atoms with E-state index in [4.69, 9.17) is 14.2 Å². The highest BCUT2D eigenvalue weighted by Gasteiger charge is 2.57. The molecule has 0 aromatic heterocycles. The van der Waals surface area contributed by atoms with Crippen LogP contribution in [0.3, 0.4) is 0 Å². The minimum atomic E-state index is -3.46. The van der Waals surface area contributed by atoms with E-state index in [-0.39, 0.29) is 29.8 Å². The summed E-state index contributed by atoms with van der Waals surface area (Å²) in [6.45, 7) is 6.39. The van der Waals surface area contributed by atoms with Gasteiger partial charge >= 0.3 is 17.9 Å². The van der Waals surface area contributed by atoms with Crippen molar-refractivity contribution in [2.24, 2.45) is 23.2 Å². The summed E-state index contributed by atoms with van der Waals surface area (Å²) in [4.78, 5) is 23.5. The smallest absolute Gasteiger partial charge is 0.376 e. The maximum absolute atomic E-state index is 13.2. The van der Waals surface area contributed by atoms with Crippen LogP contribution in [-0.2, 0) is 23.8 Å². The molecule has 0 N–H and O–H groups in total. The monoisotopic (exact) mass is 388 g/mol. The van der Waals surface area contributed by atoms with Crippen molar-refractivity contribution in [2.75, 3.05) is 13.2 Å². The average Bonchev–Trinajstić information content (AvgIpc) is 2.47. The fourth-order valence-corrected chi connectivity index (χ4v) is 5.46. The summed E-state index contributed by atoms with van der Waals surface area (Å²) in [5.74, 6) is -4.53. The lowest BCUT2D eigenvalue weighted by molar-refractivity contribution is -0.206. The Balaban J connectivity index is 1.56. The van der Waals surface area contributed by atoms with E-state index in [9.17, 15) is 18.4 Å². The van der Waals surface area contributed by atoms with Crippen LogP contribution in [0, 0.1) is 23.2 Å². The first-order valence-corrected chi connectivity index (χ1v) is 9.75. The Bertz CT molecular complexity index is 576. The summed E-state index contributed by atoms with van der Waals surface area (Å²) in [6.07, 6.45) is 4.02. The molecule has 0 amide bonds. The van der Waals surface area contributed by atoms with Crippen molar-refractivity contribution in [2.45, 2.75) is 77.4 Å². The molecule has 0 radical (unpaired) electrons. The number of hydrogen-bond donors (Lipinski definition) is 0. The third-order valence-electron chi connectivity index (χ3n) is 5.96. The molecule has 4 aliphatic rings. The molecule has 0 aromatic rings. The van der Waals surface area contributed by atoms with Crippen molar-refractivity contribution in [3.63, 3.8) is 0 Å². The van der Waals surface area contributed by atoms with E-state index < -0.39 is 23.6 Å². The summed E-state index contributed by atoms with van der Waals surface area (Å²) < 4.78 is 42.6. The predicted molar refractivity (Wildman–Crippen MR) is 93.2 cm³/mol. The van der Waals surface area contributed by atoms with Crippen molar-refractivity contribution in [1.29, 1.82) is 0 Å². The number of hydrogen-bond acceptors (Lipinski definition) is 5. The fourth-order valence-electron chi connectivity index (χ4n) is 5.46. The standard InChI is InChI=1S/C20H30F2O5/c1-18(2,3)27-15(23)10-25-11-20-7-12-5-13(8-20)16(14(6-12)9-20)26-17(24)19(4,21)22/h12-14,16H,5-11H2,1-4H3. The Morgan fingerprint density at radius 3 is 2.15 bits per heavy atom. The number of carbonyl (C=O) groups excluding carboxylic acids is 2. The minimum absolute atomic E-state index is 0.0455. The molecule has 5 nitrogen and oxygen atoms in total. The first kappa shape index (κ1) is 20.5. The van der Waals surface area contributed by atoms with Gasteiger partial charge in [0.25, 0.3) is 0 Å². The van der Waals surface area contributed by atoms with Gasteiger partial charge in [-0.3, -0.25) is 0 Å². The van der Waals surface area contributed by atoms with Gasteiger partial charge in [0.2, 0.25) is 0 Å². The highest BCUT2D eigenvalue weighted by Crippen LogP contribution is 2.61. The van der Waals surface area contributed by atoms with Crippen LogP contribution in [-0.4, -0.2) is 42.8 Å². The van der Waals surface area contributed by atoms with Crippen LogP contribution in [0.15, 0.2) is 0 Å². The van der Waals surface area contributed by atoms with Gasteiger partial charge in [-0.05, 0) is 76.0 Å². The van der Waals surface area contributed by atoms with Gasteiger partial charge in [0.15, 0.2) is 0 Å². The first-order valence-electron chi connectivity index (χ1n) is 9.75. The molecule has 4 rings (SSSR count). The van der Waals surface area contributed by atoms with Crippen LogP contribution in [0.1, 0.15) is 59.8 Å². The molecule has 154 valence electrons. The van der Waals surface area contributed by atoms with Crippen molar-refractivity contribution in [3.05, 3.63) is 0 Å². The second kappa shape index (κ2) is 6.98. The van der Waals surface area contributed by atoms with Crippen LogP contribution in [0.4, 0.5) is 8.78 Å². The van der Waals surface area contributed by atoms with Crippen LogP contribution >= 0.6 is 0 Å². The van der Waals surface area contributed by atoms with Gasteiger partial charge < -0.3 is 14.2 Å². The van der Waals surface area contributed by atoms with Crippen LogP contribution in [0.5, 0.6) is 0 Å². The normalized spacial score (nSPS) is 35.2. The Morgan fingerprint density at radius 1 is 1.04 bits per heavy atom. The van der Waals surface area contributed by atoms with Gasteiger partial charge in [0, 0.05) is 6.92 Å². The zero-order chi connectivity index (χ0) is 20.0. The summed E-state index contributed by atoms with van der Waals surface area (Å²) >= 11 is 0. The van der Waals surface area contributed by atoms with Crippen molar-refractivity contribution >= 4 is 11.9 Å². The summed E-state index contributed by atoms with van der Waals surface area (Å²) in [5, 5.41) is 0. The average molecular weight is 388 g/mol. The number of carbonyl (C=O) groups is 2. The lowest BCUT2D eigenvalue weighted by atomic mass is 9.49. The molecule has 4 bridgehead atoms. The molecule has 2 unspecified atom stereocenters. The van der Waals surface area contributed by atoms with E-state index in [1.807, 2.05) is 20.8 Å². The second-order valence-corrected chi connectivity index (χ2v) is 9.81. The molecule has 0 aromatic carbocycles. The molecule has 0 spiro atoms. The third kappa shape index (κ3) is 4.79. The van der Waals surface area contributed by atoms with E-state index >= 15 is 0 Å². The number of halogens is 2. The van der Waals surface area contributed by atoms with E-state index in [2.05, 4.69) is 0 Å².